The van der Waals surface area contributed by atoms with Gasteiger partial charge in [0.15, 0.2) is 5.78 Å². The van der Waals surface area contributed by atoms with E-state index >= 15 is 0 Å². The molecule has 0 unspecified atom stereocenters. The summed E-state index contributed by atoms with van der Waals surface area (Å²) in [5.41, 5.74) is 2.72. The lowest BCUT2D eigenvalue weighted by Crippen LogP contribution is -2.08. The van der Waals surface area contributed by atoms with Gasteiger partial charge in [-0.25, -0.2) is 0 Å². The predicted molar refractivity (Wildman–Crippen MR) is 104 cm³/mol. The number of ether oxygens (including phenoxy) is 1. The first-order valence-corrected chi connectivity index (χ1v) is 8.40. The second kappa shape index (κ2) is 6.81. The number of carbonyl (C=O) groups excluding carboxylic acids is 1. The van der Waals surface area contributed by atoms with Gasteiger partial charge in [0.1, 0.15) is 5.75 Å². The molecular weight excluding hydrogens is 322 g/mol. The van der Waals surface area contributed by atoms with Crippen molar-refractivity contribution >= 4 is 16.6 Å². The highest BCUT2D eigenvalue weighted by Gasteiger charge is 2.21. The average molecular weight is 339 g/mol. The van der Waals surface area contributed by atoms with Gasteiger partial charge in [-0.1, -0.05) is 66.7 Å². The van der Waals surface area contributed by atoms with Crippen molar-refractivity contribution in [1.29, 1.82) is 0 Å². The van der Waals surface area contributed by atoms with Crippen LogP contribution in [-0.2, 0) is 0 Å². The van der Waals surface area contributed by atoms with E-state index in [1.807, 2.05) is 72.9 Å². The number of aromatic nitrogens is 1. The van der Waals surface area contributed by atoms with Crippen LogP contribution in [0.3, 0.4) is 0 Å². The predicted octanol–water partition coefficient (Wildman–Crippen LogP) is 5.14. The standard InChI is InChI=1S/C23H17NO2/c1-26-20-14-8-7-13-19(20)23(25)21-18-12-6-5-11-17(18)15-24-22(21)16-9-3-2-4-10-16/h2-15H,1H3. The Morgan fingerprint density at radius 2 is 1.54 bits per heavy atom. The van der Waals surface area contributed by atoms with Crippen LogP contribution in [0.25, 0.3) is 22.0 Å². The van der Waals surface area contributed by atoms with Crippen molar-refractivity contribution in [3.05, 3.63) is 96.2 Å². The summed E-state index contributed by atoms with van der Waals surface area (Å²) in [5, 5.41) is 1.82. The number of rotatable bonds is 4. The van der Waals surface area contributed by atoms with Crippen molar-refractivity contribution in [3.63, 3.8) is 0 Å². The summed E-state index contributed by atoms with van der Waals surface area (Å²) in [7, 11) is 1.57. The Kier molecular flexibility index (Phi) is 4.20. The minimum atomic E-state index is -0.0920. The number of para-hydroxylation sites is 1. The Labute approximate surface area is 151 Å². The van der Waals surface area contributed by atoms with Gasteiger partial charge in [-0.05, 0) is 17.5 Å². The van der Waals surface area contributed by atoms with Crippen molar-refractivity contribution in [3.8, 4) is 17.0 Å². The molecule has 26 heavy (non-hydrogen) atoms. The highest BCUT2D eigenvalue weighted by molar-refractivity contribution is 6.20. The van der Waals surface area contributed by atoms with Crippen molar-refractivity contribution in [2.24, 2.45) is 0 Å². The smallest absolute Gasteiger partial charge is 0.199 e. The summed E-state index contributed by atoms with van der Waals surface area (Å²) >= 11 is 0. The van der Waals surface area contributed by atoms with Crippen molar-refractivity contribution in [2.45, 2.75) is 0 Å². The molecule has 0 atom stereocenters. The minimum Gasteiger partial charge on any atom is -0.496 e. The first-order valence-electron chi connectivity index (χ1n) is 8.40. The van der Waals surface area contributed by atoms with Crippen molar-refractivity contribution in [1.82, 2.24) is 4.98 Å². The van der Waals surface area contributed by atoms with E-state index in [2.05, 4.69) is 4.98 Å². The highest BCUT2D eigenvalue weighted by atomic mass is 16.5. The second-order valence-corrected chi connectivity index (χ2v) is 5.96. The number of hydrogen-bond acceptors (Lipinski definition) is 3. The molecule has 0 N–H and O–H groups in total. The molecule has 0 aliphatic carbocycles. The lowest BCUT2D eigenvalue weighted by Gasteiger charge is -2.13. The molecule has 0 aliphatic rings. The molecule has 0 bridgehead atoms. The largest absolute Gasteiger partial charge is 0.496 e. The van der Waals surface area contributed by atoms with Crippen molar-refractivity contribution < 1.29 is 9.53 Å². The zero-order chi connectivity index (χ0) is 17.9. The molecule has 0 amide bonds. The van der Waals surface area contributed by atoms with Crippen LogP contribution in [0.4, 0.5) is 0 Å². The molecule has 0 saturated heterocycles. The van der Waals surface area contributed by atoms with E-state index in [0.29, 0.717) is 22.6 Å². The number of ketones is 1. The molecule has 3 heteroatoms. The number of carbonyl (C=O) groups is 1. The van der Waals surface area contributed by atoms with E-state index in [-0.39, 0.29) is 5.78 Å². The first-order chi connectivity index (χ1) is 12.8. The molecule has 3 nitrogen and oxygen atoms in total. The monoisotopic (exact) mass is 339 g/mol. The molecule has 3 aromatic carbocycles. The summed E-state index contributed by atoms with van der Waals surface area (Å²) in [6, 6.07) is 24.9. The number of fused-ring (bicyclic) bond motifs is 1. The van der Waals surface area contributed by atoms with Crippen molar-refractivity contribution in [2.75, 3.05) is 7.11 Å². The minimum absolute atomic E-state index is 0.0920. The quantitative estimate of drug-likeness (QED) is 0.483. The molecule has 0 saturated carbocycles. The molecule has 126 valence electrons. The maximum atomic E-state index is 13.5. The van der Waals surface area contributed by atoms with Crippen LogP contribution in [0, 0.1) is 0 Å². The van der Waals surface area contributed by atoms with Gasteiger partial charge >= 0.3 is 0 Å². The molecule has 0 spiro atoms. The fraction of sp³-hybridized carbons (Fsp3) is 0.0435. The molecule has 1 heterocycles. The lowest BCUT2D eigenvalue weighted by molar-refractivity contribution is 0.103. The first kappa shape index (κ1) is 16.0. The third-order valence-corrected chi connectivity index (χ3v) is 4.43. The Balaban J connectivity index is 2.02. The zero-order valence-electron chi connectivity index (χ0n) is 14.3. The number of methoxy groups -OCH3 is 1. The normalized spacial score (nSPS) is 10.7. The van der Waals surface area contributed by atoms with E-state index in [1.165, 1.54) is 0 Å². The van der Waals surface area contributed by atoms with E-state index in [0.717, 1.165) is 16.3 Å². The lowest BCUT2D eigenvalue weighted by atomic mass is 9.93. The molecule has 1 aromatic heterocycles. The van der Waals surface area contributed by atoms with Gasteiger partial charge in [0, 0.05) is 17.1 Å². The van der Waals surface area contributed by atoms with E-state index in [9.17, 15) is 4.79 Å². The SMILES string of the molecule is COc1ccccc1C(=O)c1c(-c2ccccc2)ncc2ccccc12. The van der Waals surface area contributed by atoms with E-state index < -0.39 is 0 Å². The second-order valence-electron chi connectivity index (χ2n) is 5.96. The van der Waals surface area contributed by atoms with Crippen LogP contribution in [0.1, 0.15) is 15.9 Å². The maximum Gasteiger partial charge on any atom is 0.199 e. The molecule has 4 aromatic rings. The summed E-state index contributed by atoms with van der Waals surface area (Å²) < 4.78 is 5.40. The summed E-state index contributed by atoms with van der Waals surface area (Å²) in [6.45, 7) is 0. The molecule has 4 rings (SSSR count). The average Bonchev–Trinajstić information content (AvgIpc) is 2.73. The Morgan fingerprint density at radius 3 is 2.35 bits per heavy atom. The fourth-order valence-corrected chi connectivity index (χ4v) is 3.18. The maximum absolute atomic E-state index is 13.5. The van der Waals surface area contributed by atoms with Crippen LogP contribution in [0.2, 0.25) is 0 Å². The number of pyridine rings is 1. The van der Waals surface area contributed by atoms with Gasteiger partial charge in [-0.3, -0.25) is 9.78 Å². The van der Waals surface area contributed by atoms with Crippen LogP contribution in [-0.4, -0.2) is 17.9 Å². The fourth-order valence-electron chi connectivity index (χ4n) is 3.18. The van der Waals surface area contributed by atoms with E-state index in [4.69, 9.17) is 4.74 Å². The van der Waals surface area contributed by atoms with Crippen LogP contribution in [0.5, 0.6) is 5.75 Å². The number of benzene rings is 3. The molecule has 0 fully saturated rings. The van der Waals surface area contributed by atoms with Crippen LogP contribution >= 0.6 is 0 Å². The number of hydrogen-bond donors (Lipinski definition) is 0. The Hall–Kier alpha value is -3.46. The third-order valence-electron chi connectivity index (χ3n) is 4.43. The highest BCUT2D eigenvalue weighted by Crippen LogP contribution is 2.32. The summed E-state index contributed by atoms with van der Waals surface area (Å²) in [5.74, 6) is 0.468. The van der Waals surface area contributed by atoms with E-state index in [1.54, 1.807) is 19.2 Å². The summed E-state index contributed by atoms with van der Waals surface area (Å²) in [4.78, 5) is 18.1. The van der Waals surface area contributed by atoms with Crippen LogP contribution < -0.4 is 4.74 Å². The van der Waals surface area contributed by atoms with Crippen LogP contribution in [0.15, 0.2) is 85.1 Å². The van der Waals surface area contributed by atoms with Gasteiger partial charge in [0.05, 0.1) is 23.9 Å². The van der Waals surface area contributed by atoms with Gasteiger partial charge in [0.2, 0.25) is 0 Å². The molecule has 0 radical (unpaired) electrons. The number of nitrogens with zero attached hydrogens (tertiary/aromatic N) is 1. The topological polar surface area (TPSA) is 39.2 Å². The molecular formula is C23H17NO2. The third kappa shape index (κ3) is 2.74. The molecule has 0 aliphatic heterocycles. The zero-order valence-corrected chi connectivity index (χ0v) is 14.3. The van der Waals surface area contributed by atoms with Gasteiger partial charge in [-0.2, -0.15) is 0 Å². The van der Waals surface area contributed by atoms with Gasteiger partial charge in [0.25, 0.3) is 0 Å². The Morgan fingerprint density at radius 1 is 0.846 bits per heavy atom. The summed E-state index contributed by atoms with van der Waals surface area (Å²) in [6.07, 6.45) is 1.82. The Bertz CT molecular complexity index is 1090. The van der Waals surface area contributed by atoms with Gasteiger partial charge in [-0.15, -0.1) is 0 Å². The van der Waals surface area contributed by atoms with Gasteiger partial charge < -0.3 is 4.74 Å².